The Bertz CT molecular complexity index is 1230. The highest BCUT2D eigenvalue weighted by molar-refractivity contribution is 7.89. The van der Waals surface area contributed by atoms with Crippen LogP contribution in [0.4, 0.5) is 11.4 Å². The SMILES string of the molecule is Cc1c(NC(=O)CCc2ccc(S(=O)(=O)NCCc3ccccc3)cc2)cccc1[N+](=O)[O-]. The summed E-state index contributed by atoms with van der Waals surface area (Å²) in [7, 11) is -3.62. The summed E-state index contributed by atoms with van der Waals surface area (Å²) in [5.74, 6) is -0.280. The topological polar surface area (TPSA) is 118 Å². The Morgan fingerprint density at radius 3 is 2.24 bits per heavy atom. The number of nitro groups is 1. The van der Waals surface area contributed by atoms with E-state index >= 15 is 0 Å². The molecule has 3 rings (SSSR count). The Labute approximate surface area is 192 Å². The van der Waals surface area contributed by atoms with E-state index in [-0.39, 0.29) is 22.9 Å². The number of hydrogen-bond acceptors (Lipinski definition) is 5. The molecule has 3 aromatic carbocycles. The fraction of sp³-hybridized carbons (Fsp3) is 0.208. The summed E-state index contributed by atoms with van der Waals surface area (Å²) < 4.78 is 27.6. The first-order chi connectivity index (χ1) is 15.8. The van der Waals surface area contributed by atoms with Crippen molar-refractivity contribution >= 4 is 27.3 Å². The molecule has 0 heterocycles. The largest absolute Gasteiger partial charge is 0.326 e. The Morgan fingerprint density at radius 1 is 0.909 bits per heavy atom. The van der Waals surface area contributed by atoms with Crippen LogP contribution in [0.1, 0.15) is 23.1 Å². The van der Waals surface area contributed by atoms with E-state index < -0.39 is 14.9 Å². The molecular weight excluding hydrogens is 442 g/mol. The average Bonchev–Trinajstić information content (AvgIpc) is 2.80. The number of carbonyl (C=O) groups is 1. The van der Waals surface area contributed by atoms with Gasteiger partial charge in [0.25, 0.3) is 5.69 Å². The molecule has 0 saturated heterocycles. The van der Waals surface area contributed by atoms with E-state index in [0.717, 1.165) is 11.1 Å². The van der Waals surface area contributed by atoms with Crippen LogP contribution in [0.25, 0.3) is 0 Å². The third-order valence-electron chi connectivity index (χ3n) is 5.20. The van der Waals surface area contributed by atoms with Crippen LogP contribution in [0.3, 0.4) is 0 Å². The van der Waals surface area contributed by atoms with Gasteiger partial charge in [0.2, 0.25) is 15.9 Å². The van der Waals surface area contributed by atoms with Crippen molar-refractivity contribution in [1.29, 1.82) is 0 Å². The van der Waals surface area contributed by atoms with Crippen LogP contribution in [-0.2, 0) is 27.7 Å². The molecule has 0 spiro atoms. The van der Waals surface area contributed by atoms with Gasteiger partial charge in [-0.25, -0.2) is 13.1 Å². The van der Waals surface area contributed by atoms with Gasteiger partial charge in [0.05, 0.1) is 21.1 Å². The van der Waals surface area contributed by atoms with Crippen LogP contribution < -0.4 is 10.0 Å². The van der Waals surface area contributed by atoms with Gasteiger partial charge in [-0.1, -0.05) is 48.5 Å². The van der Waals surface area contributed by atoms with Crippen molar-refractivity contribution in [3.63, 3.8) is 0 Å². The first kappa shape index (κ1) is 24.1. The van der Waals surface area contributed by atoms with E-state index in [1.54, 1.807) is 25.1 Å². The summed E-state index contributed by atoms with van der Waals surface area (Å²) >= 11 is 0. The maximum absolute atomic E-state index is 12.5. The van der Waals surface area contributed by atoms with Crippen molar-refractivity contribution in [2.24, 2.45) is 0 Å². The normalized spacial score (nSPS) is 11.2. The van der Waals surface area contributed by atoms with Crippen molar-refractivity contribution < 1.29 is 18.1 Å². The Hall–Kier alpha value is -3.56. The van der Waals surface area contributed by atoms with Crippen molar-refractivity contribution in [3.8, 4) is 0 Å². The molecule has 0 unspecified atom stereocenters. The van der Waals surface area contributed by atoms with E-state index in [4.69, 9.17) is 0 Å². The zero-order valence-corrected chi connectivity index (χ0v) is 19.0. The molecular formula is C24H25N3O5S. The number of sulfonamides is 1. The van der Waals surface area contributed by atoms with Gasteiger partial charge >= 0.3 is 0 Å². The first-order valence-electron chi connectivity index (χ1n) is 10.4. The van der Waals surface area contributed by atoms with Crippen LogP contribution in [0, 0.1) is 17.0 Å². The molecule has 172 valence electrons. The van der Waals surface area contributed by atoms with Crippen molar-refractivity contribution in [3.05, 3.63) is 99.6 Å². The minimum atomic E-state index is -3.62. The maximum Gasteiger partial charge on any atom is 0.274 e. The third kappa shape index (κ3) is 6.71. The number of amides is 1. The molecule has 0 atom stereocenters. The minimum Gasteiger partial charge on any atom is -0.326 e. The van der Waals surface area contributed by atoms with Crippen LogP contribution in [0.5, 0.6) is 0 Å². The van der Waals surface area contributed by atoms with E-state index in [0.29, 0.717) is 30.6 Å². The zero-order chi connectivity index (χ0) is 23.8. The van der Waals surface area contributed by atoms with E-state index in [2.05, 4.69) is 10.0 Å². The monoisotopic (exact) mass is 467 g/mol. The lowest BCUT2D eigenvalue weighted by atomic mass is 10.1. The molecule has 0 aromatic heterocycles. The smallest absolute Gasteiger partial charge is 0.274 e. The van der Waals surface area contributed by atoms with E-state index in [1.165, 1.54) is 24.3 Å². The molecule has 3 aromatic rings. The number of anilines is 1. The second-order valence-electron chi connectivity index (χ2n) is 7.53. The average molecular weight is 468 g/mol. The van der Waals surface area contributed by atoms with Crippen LogP contribution >= 0.6 is 0 Å². The van der Waals surface area contributed by atoms with Gasteiger partial charge in [-0.15, -0.1) is 0 Å². The Balaban J connectivity index is 1.52. The molecule has 0 bridgehead atoms. The van der Waals surface area contributed by atoms with Crippen molar-refractivity contribution in [1.82, 2.24) is 4.72 Å². The fourth-order valence-electron chi connectivity index (χ4n) is 3.32. The molecule has 2 N–H and O–H groups in total. The number of hydrogen-bond donors (Lipinski definition) is 2. The number of nitrogens with one attached hydrogen (secondary N) is 2. The molecule has 0 radical (unpaired) electrons. The summed E-state index contributed by atoms with van der Waals surface area (Å²) in [4.78, 5) is 23.0. The van der Waals surface area contributed by atoms with Gasteiger partial charge < -0.3 is 5.32 Å². The van der Waals surface area contributed by atoms with Gasteiger partial charge in [0.1, 0.15) is 0 Å². The molecule has 8 nitrogen and oxygen atoms in total. The lowest BCUT2D eigenvalue weighted by molar-refractivity contribution is -0.385. The molecule has 0 aliphatic rings. The summed E-state index contributed by atoms with van der Waals surface area (Å²) in [6, 6.07) is 20.5. The second kappa shape index (κ2) is 10.8. The molecule has 0 aliphatic heterocycles. The predicted molar refractivity (Wildman–Crippen MR) is 127 cm³/mol. The van der Waals surface area contributed by atoms with Gasteiger partial charge in [0, 0.05) is 19.0 Å². The van der Waals surface area contributed by atoms with E-state index in [9.17, 15) is 23.3 Å². The summed E-state index contributed by atoms with van der Waals surface area (Å²) in [5, 5.41) is 13.7. The lowest BCUT2D eigenvalue weighted by Crippen LogP contribution is -2.26. The van der Waals surface area contributed by atoms with E-state index in [1.807, 2.05) is 30.3 Å². The predicted octanol–water partition coefficient (Wildman–Crippen LogP) is 4.00. The number of aryl methyl sites for hydroxylation is 1. The lowest BCUT2D eigenvalue weighted by Gasteiger charge is -2.09. The molecule has 0 saturated carbocycles. The van der Waals surface area contributed by atoms with Crippen LogP contribution in [-0.4, -0.2) is 25.8 Å². The first-order valence-corrected chi connectivity index (χ1v) is 11.9. The van der Waals surface area contributed by atoms with Crippen LogP contribution in [0.2, 0.25) is 0 Å². The standard InChI is InChI=1S/C24H25N3O5S/c1-18-22(8-5-9-23(18)27(29)30)26-24(28)15-12-20-10-13-21(14-11-20)33(31,32)25-17-16-19-6-3-2-4-7-19/h2-11,13-14,25H,12,15-17H2,1H3,(H,26,28). The third-order valence-corrected chi connectivity index (χ3v) is 6.68. The number of nitro benzene ring substituents is 1. The van der Waals surface area contributed by atoms with Crippen molar-refractivity contribution in [2.45, 2.75) is 31.1 Å². The number of benzene rings is 3. The molecule has 9 heteroatoms. The maximum atomic E-state index is 12.5. The van der Waals surface area contributed by atoms with Crippen molar-refractivity contribution in [2.75, 3.05) is 11.9 Å². The highest BCUT2D eigenvalue weighted by Crippen LogP contribution is 2.25. The Morgan fingerprint density at radius 2 is 1.58 bits per heavy atom. The number of nitrogens with zero attached hydrogens (tertiary/aromatic N) is 1. The highest BCUT2D eigenvalue weighted by atomic mass is 32.2. The molecule has 0 aliphatic carbocycles. The minimum absolute atomic E-state index is 0.0537. The van der Waals surface area contributed by atoms with Gasteiger partial charge in [-0.2, -0.15) is 0 Å². The quantitative estimate of drug-likeness (QED) is 0.345. The fourth-order valence-corrected chi connectivity index (χ4v) is 4.35. The summed E-state index contributed by atoms with van der Waals surface area (Å²) in [6.07, 6.45) is 1.16. The Kier molecular flexibility index (Phi) is 7.92. The van der Waals surface area contributed by atoms with Gasteiger partial charge in [-0.05, 0) is 49.1 Å². The second-order valence-corrected chi connectivity index (χ2v) is 9.30. The number of carbonyl (C=O) groups excluding carboxylic acids is 1. The molecule has 33 heavy (non-hydrogen) atoms. The summed E-state index contributed by atoms with van der Waals surface area (Å²) in [5.41, 5.74) is 2.60. The number of rotatable bonds is 10. The van der Waals surface area contributed by atoms with Crippen LogP contribution in [0.15, 0.2) is 77.7 Å². The summed E-state index contributed by atoms with van der Waals surface area (Å²) in [6.45, 7) is 1.88. The molecule has 1 amide bonds. The highest BCUT2D eigenvalue weighted by Gasteiger charge is 2.16. The van der Waals surface area contributed by atoms with Gasteiger partial charge in [0.15, 0.2) is 0 Å². The zero-order valence-electron chi connectivity index (χ0n) is 18.2. The molecule has 0 fully saturated rings. The van der Waals surface area contributed by atoms with Gasteiger partial charge in [-0.3, -0.25) is 14.9 Å².